The lowest BCUT2D eigenvalue weighted by molar-refractivity contribution is 0.443. The topological polar surface area (TPSA) is 43.4 Å². The minimum Gasteiger partial charge on any atom is -0.455 e. The molecule has 0 spiro atoms. The molecule has 0 N–H and O–H groups in total. The number of hydrogen-bond donors (Lipinski definition) is 0. The van der Waals surface area contributed by atoms with E-state index in [1.54, 1.807) is 24.3 Å². The van der Waals surface area contributed by atoms with Crippen LogP contribution in [0, 0.1) is 6.92 Å². The zero-order valence-corrected chi connectivity index (χ0v) is 11.6. The molecule has 2 aromatic carbocycles. The van der Waals surface area contributed by atoms with Gasteiger partial charge in [0.15, 0.2) is 0 Å². The Kier molecular flexibility index (Phi) is 2.71. The van der Waals surface area contributed by atoms with Crippen LogP contribution in [0.25, 0.3) is 0 Å². The monoisotopic (exact) mass is 270 g/mol. The van der Waals surface area contributed by atoms with E-state index in [9.17, 15) is 8.42 Å². The molecule has 0 aliphatic carbocycles. The molecule has 0 unspecified atom stereocenters. The van der Waals surface area contributed by atoms with Crippen molar-refractivity contribution in [3.05, 3.63) is 42.0 Å². The number of hydrogen-bond acceptors (Lipinski definition) is 3. The highest BCUT2D eigenvalue weighted by Crippen LogP contribution is 2.42. The van der Waals surface area contributed by atoms with Gasteiger partial charge in [-0.15, -0.1) is 0 Å². The van der Waals surface area contributed by atoms with Gasteiger partial charge >= 0.3 is 0 Å². The van der Waals surface area contributed by atoms with Crippen molar-refractivity contribution in [2.45, 2.75) is 16.7 Å². The van der Waals surface area contributed by atoms with Crippen LogP contribution in [0.15, 0.2) is 46.2 Å². The van der Waals surface area contributed by atoms with Gasteiger partial charge in [-0.25, -0.2) is 8.42 Å². The molecule has 1 aliphatic rings. The van der Waals surface area contributed by atoms with E-state index in [0.29, 0.717) is 11.5 Å². The Morgan fingerprint density at radius 2 is 1.68 bits per heavy atom. The molecule has 0 bridgehead atoms. The Balaban J connectivity index is 2.29. The Morgan fingerprint density at radius 1 is 1.05 bits per heavy atom. The molecule has 0 saturated carbocycles. The van der Waals surface area contributed by atoms with Crippen LogP contribution in [0.2, 0.25) is 0 Å². The molecule has 3 rings (SSSR count). The first kappa shape index (κ1) is 12.4. The highest BCUT2D eigenvalue weighted by Gasteiger charge is 2.31. The molecule has 1 heterocycles. The second-order valence-electron chi connectivity index (χ2n) is 4.69. The number of rotatable bonds is 1. The second kappa shape index (κ2) is 4.17. The average Bonchev–Trinajstić information content (AvgIpc) is 2.40. The van der Waals surface area contributed by atoms with E-state index >= 15 is 0 Å². The summed E-state index contributed by atoms with van der Waals surface area (Å²) in [6.07, 6.45) is 0. The average molecular weight is 270 g/mol. The molecular weight excluding hydrogens is 258 g/mol. The van der Waals surface area contributed by atoms with Crippen molar-refractivity contribution < 1.29 is 13.2 Å². The Morgan fingerprint density at radius 3 is 2.37 bits per heavy atom. The third-order valence-corrected chi connectivity index (χ3v) is 5.11. The van der Waals surface area contributed by atoms with Gasteiger partial charge in [0.05, 0.1) is 7.74 Å². The summed E-state index contributed by atoms with van der Waals surface area (Å²) in [5.41, 5.74) is 1.89. The predicted octanol–water partition coefficient (Wildman–Crippen LogP) is 0.543. The summed E-state index contributed by atoms with van der Waals surface area (Å²) < 4.78 is 31.0. The largest absolute Gasteiger partial charge is 0.455 e. The quantitative estimate of drug-likeness (QED) is 0.606. The highest BCUT2D eigenvalue weighted by molar-refractivity contribution is 7.91. The van der Waals surface area contributed by atoms with E-state index in [-0.39, 0.29) is 9.79 Å². The van der Waals surface area contributed by atoms with E-state index in [1.807, 2.05) is 26.8 Å². The number of aryl methyl sites for hydroxylation is 1. The molecule has 0 fully saturated rings. The van der Waals surface area contributed by atoms with Gasteiger partial charge in [0, 0.05) is 0 Å². The fourth-order valence-corrected chi connectivity index (χ4v) is 3.85. The number of fused-ring (bicyclic) bond motifs is 2. The molecule has 0 atom stereocenters. The number of sulfone groups is 1. The van der Waals surface area contributed by atoms with Gasteiger partial charge < -0.3 is 4.74 Å². The fraction of sp³-hybridized carbons (Fsp3) is 0.0769. The van der Waals surface area contributed by atoms with E-state index in [2.05, 4.69) is 0 Å². The summed E-state index contributed by atoms with van der Waals surface area (Å²) in [5, 5.41) is 0. The van der Waals surface area contributed by atoms with Gasteiger partial charge in [-0.2, -0.15) is 0 Å². The van der Waals surface area contributed by atoms with Crippen LogP contribution in [0.5, 0.6) is 11.5 Å². The van der Waals surface area contributed by atoms with Crippen molar-refractivity contribution in [3.8, 4) is 11.5 Å². The Hall–Kier alpha value is -1.68. The van der Waals surface area contributed by atoms with E-state index in [1.165, 1.54) is 0 Å². The Bertz CT molecular complexity index is 769. The van der Waals surface area contributed by atoms with E-state index in [4.69, 9.17) is 4.74 Å². The summed E-state index contributed by atoms with van der Waals surface area (Å²) in [4.78, 5) is 0.526. The first-order valence-corrected chi connectivity index (χ1v) is 7.67. The maximum absolute atomic E-state index is 12.6. The maximum Gasteiger partial charge on any atom is 0.213 e. The van der Waals surface area contributed by atoms with Gasteiger partial charge in [-0.05, 0) is 36.8 Å². The van der Waals surface area contributed by atoms with Crippen molar-refractivity contribution in [2.24, 2.45) is 0 Å². The van der Waals surface area contributed by atoms with Crippen LogP contribution in [0.3, 0.4) is 0 Å². The first-order valence-electron chi connectivity index (χ1n) is 6.19. The fourth-order valence-electron chi connectivity index (χ4n) is 2.21. The third-order valence-electron chi connectivity index (χ3n) is 3.31. The number of benzene rings is 2. The molecule has 0 saturated heterocycles. The SMILES string of the molecule is BBc1ccc2c(c1)S(=O)(=O)c1cc(C)ccc1O2. The van der Waals surface area contributed by atoms with Crippen LogP contribution < -0.4 is 10.2 Å². The number of ether oxygens (including phenoxy) is 1. The predicted molar refractivity (Wildman–Crippen MR) is 78.5 cm³/mol. The molecule has 19 heavy (non-hydrogen) atoms. The van der Waals surface area contributed by atoms with E-state index in [0.717, 1.165) is 18.2 Å². The summed E-state index contributed by atoms with van der Waals surface area (Å²) in [5.74, 6) is 0.816. The summed E-state index contributed by atoms with van der Waals surface area (Å²) in [6, 6.07) is 10.5. The Labute approximate surface area is 114 Å². The molecule has 0 aromatic heterocycles. The zero-order valence-electron chi connectivity index (χ0n) is 10.8. The van der Waals surface area contributed by atoms with Crippen LogP contribution in [-0.2, 0) is 9.84 Å². The molecule has 6 heteroatoms. The maximum atomic E-state index is 12.6. The molecular formula is C13H12B2O3S. The minimum absolute atomic E-state index is 0.258. The smallest absolute Gasteiger partial charge is 0.213 e. The van der Waals surface area contributed by atoms with Crippen molar-refractivity contribution in [1.29, 1.82) is 0 Å². The zero-order chi connectivity index (χ0) is 13.6. The van der Waals surface area contributed by atoms with Crippen molar-refractivity contribution in [3.63, 3.8) is 0 Å². The van der Waals surface area contributed by atoms with Crippen molar-refractivity contribution in [2.75, 3.05) is 0 Å². The summed E-state index contributed by atoms with van der Waals surface area (Å²) in [6.45, 7) is 1.87. The highest BCUT2D eigenvalue weighted by atomic mass is 32.2. The summed E-state index contributed by atoms with van der Waals surface area (Å²) in [7, 11) is -0.690. The standard InChI is InChI=1S/C13H12B2O3S/c1-8-2-4-10-12(6-8)19(16,17)13-7-9(15-14)3-5-11(13)18-10/h2-7,15H,14H2,1H3. The molecule has 3 nitrogen and oxygen atoms in total. The van der Waals surface area contributed by atoms with Crippen LogP contribution in [0.1, 0.15) is 5.56 Å². The van der Waals surface area contributed by atoms with Gasteiger partial charge in [0.1, 0.15) is 28.5 Å². The molecule has 2 aromatic rings. The molecule has 0 amide bonds. The van der Waals surface area contributed by atoms with Crippen LogP contribution in [0.4, 0.5) is 0 Å². The van der Waals surface area contributed by atoms with Gasteiger partial charge in [-0.1, -0.05) is 17.6 Å². The summed E-state index contributed by atoms with van der Waals surface area (Å²) >= 11 is 0. The van der Waals surface area contributed by atoms with Gasteiger partial charge in [0.25, 0.3) is 0 Å². The lowest BCUT2D eigenvalue weighted by atomic mass is 9.51. The van der Waals surface area contributed by atoms with Crippen molar-refractivity contribution >= 4 is 30.2 Å². The van der Waals surface area contributed by atoms with Crippen molar-refractivity contribution in [1.82, 2.24) is 0 Å². The lowest BCUT2D eigenvalue weighted by Crippen LogP contribution is -2.19. The van der Waals surface area contributed by atoms with Gasteiger partial charge in [0.2, 0.25) is 9.84 Å². The molecule has 0 radical (unpaired) electrons. The molecule has 94 valence electrons. The normalized spacial score (nSPS) is 15.0. The van der Waals surface area contributed by atoms with E-state index < -0.39 is 9.84 Å². The molecule has 1 aliphatic heterocycles. The van der Waals surface area contributed by atoms with Crippen LogP contribution in [-0.4, -0.2) is 23.3 Å². The van der Waals surface area contributed by atoms with Gasteiger partial charge in [-0.3, -0.25) is 0 Å². The second-order valence-corrected chi connectivity index (χ2v) is 6.58. The lowest BCUT2D eigenvalue weighted by Gasteiger charge is -2.21. The third kappa shape index (κ3) is 1.87. The first-order chi connectivity index (χ1) is 9.02. The van der Waals surface area contributed by atoms with Crippen LogP contribution >= 0.6 is 0 Å². The minimum atomic E-state index is -3.48.